The number of benzene rings is 2. The first-order valence-electron chi connectivity index (χ1n) is 6.39. The van der Waals surface area contributed by atoms with Crippen molar-refractivity contribution in [2.45, 2.75) is 27.7 Å². The average molecular weight is 307 g/mol. The van der Waals surface area contributed by atoms with Crippen molar-refractivity contribution >= 4 is 29.0 Å². The summed E-state index contributed by atoms with van der Waals surface area (Å²) < 4.78 is 0. The molecule has 0 aliphatic carbocycles. The van der Waals surface area contributed by atoms with Gasteiger partial charge < -0.3 is 0 Å². The zero-order chi connectivity index (χ0) is 15.0. The van der Waals surface area contributed by atoms with Crippen LogP contribution in [0.15, 0.2) is 24.3 Å². The second-order valence-corrected chi connectivity index (χ2v) is 5.98. The van der Waals surface area contributed by atoms with Crippen molar-refractivity contribution in [2.24, 2.45) is 0 Å². The monoisotopic (exact) mass is 306 g/mol. The SMILES string of the molecule is Cc1cc(Cl)c(C)c(C(=O)c2cc(C)cc(Cl)c2C)c1. The molecule has 2 aromatic rings. The Labute approximate surface area is 129 Å². The van der Waals surface area contributed by atoms with E-state index in [1.807, 2.05) is 52.0 Å². The van der Waals surface area contributed by atoms with Crippen molar-refractivity contribution in [2.75, 3.05) is 0 Å². The van der Waals surface area contributed by atoms with Crippen LogP contribution < -0.4 is 0 Å². The van der Waals surface area contributed by atoms with Crippen LogP contribution in [0.25, 0.3) is 0 Å². The smallest absolute Gasteiger partial charge is 0.193 e. The van der Waals surface area contributed by atoms with Gasteiger partial charge in [-0.1, -0.05) is 23.2 Å². The van der Waals surface area contributed by atoms with E-state index < -0.39 is 0 Å². The molecule has 0 bridgehead atoms. The van der Waals surface area contributed by atoms with Gasteiger partial charge in [0.15, 0.2) is 5.78 Å². The predicted octanol–water partition coefficient (Wildman–Crippen LogP) is 5.46. The maximum Gasteiger partial charge on any atom is 0.193 e. The topological polar surface area (TPSA) is 17.1 Å². The molecule has 20 heavy (non-hydrogen) atoms. The molecular weight excluding hydrogens is 291 g/mol. The molecule has 0 heterocycles. The highest BCUT2D eigenvalue weighted by Gasteiger charge is 2.18. The van der Waals surface area contributed by atoms with Gasteiger partial charge in [0.25, 0.3) is 0 Å². The number of hydrogen-bond donors (Lipinski definition) is 0. The lowest BCUT2D eigenvalue weighted by Gasteiger charge is -2.12. The van der Waals surface area contributed by atoms with Gasteiger partial charge in [0, 0.05) is 21.2 Å². The summed E-state index contributed by atoms with van der Waals surface area (Å²) in [7, 11) is 0. The molecule has 0 radical (unpaired) electrons. The fourth-order valence-corrected chi connectivity index (χ4v) is 2.79. The third-order valence-electron chi connectivity index (χ3n) is 3.47. The summed E-state index contributed by atoms with van der Waals surface area (Å²) in [5.74, 6) is -0.0313. The molecule has 0 aromatic heterocycles. The fraction of sp³-hybridized carbons (Fsp3) is 0.235. The molecule has 0 unspecified atom stereocenters. The van der Waals surface area contributed by atoms with E-state index in [1.165, 1.54) is 0 Å². The summed E-state index contributed by atoms with van der Waals surface area (Å²) in [6.07, 6.45) is 0. The average Bonchev–Trinajstić information content (AvgIpc) is 2.37. The largest absolute Gasteiger partial charge is 0.289 e. The summed E-state index contributed by atoms with van der Waals surface area (Å²) >= 11 is 12.3. The number of hydrogen-bond acceptors (Lipinski definition) is 1. The van der Waals surface area contributed by atoms with Crippen LogP contribution in [0.4, 0.5) is 0 Å². The molecule has 1 nitrogen and oxygen atoms in total. The molecule has 0 saturated carbocycles. The molecule has 0 N–H and O–H groups in total. The van der Waals surface area contributed by atoms with E-state index in [0.29, 0.717) is 21.2 Å². The van der Waals surface area contributed by atoms with Gasteiger partial charge in [-0.15, -0.1) is 0 Å². The van der Waals surface area contributed by atoms with Gasteiger partial charge in [-0.2, -0.15) is 0 Å². The molecule has 104 valence electrons. The van der Waals surface area contributed by atoms with E-state index in [2.05, 4.69) is 0 Å². The van der Waals surface area contributed by atoms with E-state index in [9.17, 15) is 4.79 Å². The molecule has 2 rings (SSSR count). The standard InChI is InChI=1S/C17H16Cl2O/c1-9-5-13(11(3)15(18)7-9)17(20)14-6-10(2)8-16(19)12(14)4/h5-8H,1-4H3. The highest BCUT2D eigenvalue weighted by atomic mass is 35.5. The second-order valence-electron chi connectivity index (χ2n) is 5.17. The molecule has 0 fully saturated rings. The van der Waals surface area contributed by atoms with E-state index in [-0.39, 0.29) is 5.78 Å². The number of halogens is 2. The van der Waals surface area contributed by atoms with Crippen molar-refractivity contribution < 1.29 is 4.79 Å². The molecule has 0 spiro atoms. The number of carbonyl (C=O) groups is 1. The number of ketones is 1. The minimum atomic E-state index is -0.0313. The maximum atomic E-state index is 12.8. The van der Waals surface area contributed by atoms with Crippen LogP contribution in [0.5, 0.6) is 0 Å². The minimum Gasteiger partial charge on any atom is -0.289 e. The lowest BCUT2D eigenvalue weighted by Crippen LogP contribution is -2.07. The first-order valence-corrected chi connectivity index (χ1v) is 7.15. The lowest BCUT2D eigenvalue weighted by molar-refractivity contribution is 0.103. The molecule has 0 aliphatic rings. The molecule has 3 heteroatoms. The highest BCUT2D eigenvalue weighted by molar-refractivity contribution is 6.33. The summed E-state index contributed by atoms with van der Waals surface area (Å²) in [6, 6.07) is 7.48. The minimum absolute atomic E-state index is 0.0313. The van der Waals surface area contributed by atoms with Crippen LogP contribution >= 0.6 is 23.2 Å². The van der Waals surface area contributed by atoms with Crippen molar-refractivity contribution in [1.29, 1.82) is 0 Å². The van der Waals surface area contributed by atoms with Crippen molar-refractivity contribution in [3.05, 3.63) is 67.7 Å². The van der Waals surface area contributed by atoms with E-state index in [1.54, 1.807) is 0 Å². The lowest BCUT2D eigenvalue weighted by atomic mass is 9.93. The zero-order valence-corrected chi connectivity index (χ0v) is 13.5. The van der Waals surface area contributed by atoms with Crippen LogP contribution in [0.3, 0.4) is 0 Å². The molecule has 0 atom stereocenters. The van der Waals surface area contributed by atoms with Crippen molar-refractivity contribution in [3.63, 3.8) is 0 Å². The number of aryl methyl sites for hydroxylation is 2. The van der Waals surface area contributed by atoms with Gasteiger partial charge in [0.05, 0.1) is 0 Å². The van der Waals surface area contributed by atoms with E-state index in [0.717, 1.165) is 22.3 Å². The Hall–Kier alpha value is -1.31. The summed E-state index contributed by atoms with van der Waals surface area (Å²) in [5, 5.41) is 1.23. The predicted molar refractivity (Wildman–Crippen MR) is 85.3 cm³/mol. The number of carbonyl (C=O) groups excluding carboxylic acids is 1. The Morgan fingerprint density at radius 2 is 1.10 bits per heavy atom. The first-order chi connectivity index (χ1) is 9.31. The van der Waals surface area contributed by atoms with Crippen LogP contribution in [0.2, 0.25) is 10.0 Å². The van der Waals surface area contributed by atoms with Crippen LogP contribution in [0.1, 0.15) is 38.2 Å². The first kappa shape index (κ1) is 15.1. The Bertz CT molecular complexity index is 643. The van der Waals surface area contributed by atoms with Crippen molar-refractivity contribution in [3.8, 4) is 0 Å². The van der Waals surface area contributed by atoms with Crippen LogP contribution in [-0.2, 0) is 0 Å². The van der Waals surface area contributed by atoms with Crippen LogP contribution in [-0.4, -0.2) is 5.78 Å². The van der Waals surface area contributed by atoms with Gasteiger partial charge in [0.2, 0.25) is 0 Å². The molecule has 0 saturated heterocycles. The fourth-order valence-electron chi connectivity index (χ4n) is 2.25. The number of rotatable bonds is 2. The summed E-state index contributed by atoms with van der Waals surface area (Å²) in [5.41, 5.74) is 4.83. The Morgan fingerprint density at radius 1 is 0.750 bits per heavy atom. The summed E-state index contributed by atoms with van der Waals surface area (Å²) in [6.45, 7) is 7.58. The second kappa shape index (κ2) is 5.59. The van der Waals surface area contributed by atoms with Gasteiger partial charge in [-0.25, -0.2) is 0 Å². The van der Waals surface area contributed by atoms with Crippen LogP contribution in [0, 0.1) is 27.7 Å². The summed E-state index contributed by atoms with van der Waals surface area (Å²) in [4.78, 5) is 12.8. The molecular formula is C17H16Cl2O. The maximum absolute atomic E-state index is 12.8. The molecule has 0 amide bonds. The molecule has 2 aromatic carbocycles. The van der Waals surface area contributed by atoms with Gasteiger partial charge in [-0.05, 0) is 74.2 Å². The Kier molecular flexibility index (Phi) is 4.22. The third kappa shape index (κ3) is 2.74. The van der Waals surface area contributed by atoms with Crippen molar-refractivity contribution in [1.82, 2.24) is 0 Å². The quantitative estimate of drug-likeness (QED) is 0.673. The van der Waals surface area contributed by atoms with E-state index >= 15 is 0 Å². The Morgan fingerprint density at radius 3 is 1.45 bits per heavy atom. The van der Waals surface area contributed by atoms with E-state index in [4.69, 9.17) is 23.2 Å². The third-order valence-corrected chi connectivity index (χ3v) is 4.25. The van der Waals surface area contributed by atoms with Gasteiger partial charge >= 0.3 is 0 Å². The van der Waals surface area contributed by atoms with Gasteiger partial charge in [-0.3, -0.25) is 4.79 Å². The Balaban J connectivity index is 2.64. The highest BCUT2D eigenvalue weighted by Crippen LogP contribution is 2.27. The van der Waals surface area contributed by atoms with Gasteiger partial charge in [0.1, 0.15) is 0 Å². The zero-order valence-electron chi connectivity index (χ0n) is 12.0. The molecule has 0 aliphatic heterocycles. The normalized spacial score (nSPS) is 10.7.